The Morgan fingerprint density at radius 3 is 2.08 bits per heavy atom. The minimum atomic E-state index is -4.19. The summed E-state index contributed by atoms with van der Waals surface area (Å²) in [5.41, 5.74) is 1.44. The van der Waals surface area contributed by atoms with Crippen LogP contribution in [0.15, 0.2) is 71.6 Å². The lowest BCUT2D eigenvalue weighted by Crippen LogP contribution is -2.52. The van der Waals surface area contributed by atoms with E-state index in [2.05, 4.69) is 5.32 Å². The van der Waals surface area contributed by atoms with Gasteiger partial charge in [-0.25, -0.2) is 8.42 Å². The lowest BCUT2D eigenvalue weighted by atomic mass is 10.1. The molecule has 38 heavy (non-hydrogen) atoms. The van der Waals surface area contributed by atoms with Crippen molar-refractivity contribution in [2.24, 2.45) is 0 Å². The number of carbonyl (C=O) groups excluding carboxylic acids is 2. The summed E-state index contributed by atoms with van der Waals surface area (Å²) >= 11 is 18.8. The number of anilines is 1. The van der Waals surface area contributed by atoms with Gasteiger partial charge in [0.1, 0.15) is 12.6 Å². The molecule has 11 heteroatoms. The summed E-state index contributed by atoms with van der Waals surface area (Å²) in [5, 5.41) is 3.61. The fraction of sp³-hybridized carbons (Fsp3) is 0.259. The maximum atomic E-state index is 14.0. The molecule has 0 spiro atoms. The second-order valence-corrected chi connectivity index (χ2v) is 11.6. The highest BCUT2D eigenvalue weighted by Crippen LogP contribution is 2.30. The molecular formula is C27H28Cl3N3O4S. The van der Waals surface area contributed by atoms with Crippen LogP contribution in [0, 0.1) is 6.92 Å². The van der Waals surface area contributed by atoms with E-state index in [0.29, 0.717) is 31.9 Å². The Morgan fingerprint density at radius 1 is 0.921 bits per heavy atom. The first-order valence-electron chi connectivity index (χ1n) is 11.8. The zero-order valence-corrected chi connectivity index (χ0v) is 24.2. The van der Waals surface area contributed by atoms with Crippen LogP contribution in [0.2, 0.25) is 15.1 Å². The van der Waals surface area contributed by atoms with Crippen LogP contribution in [0.5, 0.6) is 0 Å². The number of para-hydroxylation sites is 1. The van der Waals surface area contributed by atoms with Gasteiger partial charge in [0, 0.05) is 34.2 Å². The number of nitrogens with zero attached hydrogens (tertiary/aromatic N) is 2. The van der Waals surface area contributed by atoms with Gasteiger partial charge in [0.25, 0.3) is 10.0 Å². The van der Waals surface area contributed by atoms with Gasteiger partial charge in [-0.2, -0.15) is 0 Å². The third-order valence-electron chi connectivity index (χ3n) is 6.09. The molecular weight excluding hydrogens is 569 g/mol. The van der Waals surface area contributed by atoms with Gasteiger partial charge in [0.2, 0.25) is 11.8 Å². The molecule has 3 aromatic carbocycles. The number of hydrogen-bond donors (Lipinski definition) is 1. The average molecular weight is 597 g/mol. The van der Waals surface area contributed by atoms with E-state index in [1.165, 1.54) is 36.2 Å². The number of hydrogen-bond acceptors (Lipinski definition) is 4. The van der Waals surface area contributed by atoms with Crippen LogP contribution in [-0.4, -0.2) is 44.8 Å². The van der Waals surface area contributed by atoms with Gasteiger partial charge >= 0.3 is 0 Å². The van der Waals surface area contributed by atoms with Crippen molar-refractivity contribution < 1.29 is 18.0 Å². The van der Waals surface area contributed by atoms with Crippen molar-refractivity contribution >= 4 is 62.3 Å². The maximum Gasteiger partial charge on any atom is 0.264 e. The number of benzene rings is 3. The van der Waals surface area contributed by atoms with Crippen molar-refractivity contribution in [1.29, 1.82) is 0 Å². The summed E-state index contributed by atoms with van der Waals surface area (Å²) in [4.78, 5) is 28.0. The van der Waals surface area contributed by atoms with E-state index in [9.17, 15) is 18.0 Å². The number of carbonyl (C=O) groups is 2. The van der Waals surface area contributed by atoms with Crippen molar-refractivity contribution in [3.63, 3.8) is 0 Å². The lowest BCUT2D eigenvalue weighted by Gasteiger charge is -2.33. The molecule has 3 rings (SSSR count). The topological polar surface area (TPSA) is 86.8 Å². The highest BCUT2D eigenvalue weighted by Gasteiger charge is 2.34. The van der Waals surface area contributed by atoms with Crippen LogP contribution in [0.1, 0.15) is 24.5 Å². The quantitative estimate of drug-likeness (QED) is 0.325. The number of likely N-dealkylation sites (N-methyl/N-ethyl adjacent to an activating group) is 1. The Kier molecular flexibility index (Phi) is 10.1. The number of nitrogens with one attached hydrogen (secondary N) is 1. The Hall–Kier alpha value is -2.78. The van der Waals surface area contributed by atoms with Crippen LogP contribution in [0.4, 0.5) is 5.69 Å². The highest BCUT2D eigenvalue weighted by atomic mass is 35.5. The number of sulfonamides is 1. The number of aryl methyl sites for hydroxylation is 1. The van der Waals surface area contributed by atoms with Gasteiger partial charge in [-0.1, -0.05) is 66.0 Å². The summed E-state index contributed by atoms with van der Waals surface area (Å²) < 4.78 is 28.7. The van der Waals surface area contributed by atoms with E-state index in [-0.39, 0.29) is 17.9 Å². The first-order valence-corrected chi connectivity index (χ1v) is 14.4. The third kappa shape index (κ3) is 6.61. The largest absolute Gasteiger partial charge is 0.357 e. The fourth-order valence-electron chi connectivity index (χ4n) is 4.03. The molecule has 1 atom stereocenters. The number of halogens is 3. The smallest absolute Gasteiger partial charge is 0.264 e. The molecule has 2 amide bonds. The number of amides is 2. The molecule has 0 unspecified atom stereocenters. The van der Waals surface area contributed by atoms with E-state index in [4.69, 9.17) is 34.8 Å². The van der Waals surface area contributed by atoms with Crippen LogP contribution in [-0.2, 0) is 26.2 Å². The van der Waals surface area contributed by atoms with Gasteiger partial charge in [0.15, 0.2) is 0 Å². The lowest BCUT2D eigenvalue weighted by molar-refractivity contribution is -0.140. The Labute approximate surface area is 238 Å². The molecule has 0 saturated heterocycles. The average Bonchev–Trinajstić information content (AvgIpc) is 2.89. The predicted octanol–water partition coefficient (Wildman–Crippen LogP) is 5.70. The second kappa shape index (κ2) is 12.8. The minimum Gasteiger partial charge on any atom is -0.357 e. The molecule has 0 aromatic heterocycles. The Bertz CT molecular complexity index is 1400. The van der Waals surface area contributed by atoms with Crippen molar-refractivity contribution in [2.75, 3.05) is 17.9 Å². The van der Waals surface area contributed by atoms with Crippen LogP contribution >= 0.6 is 34.8 Å². The monoisotopic (exact) mass is 595 g/mol. The standard InChI is InChI=1S/C27H28Cl3N3O4S/c1-4-24(27(35)31-3)32(16-21-22(29)9-7-10-23(21)30)26(34)17-33(25-11-6-5-8-18(25)2)38(36,37)20-14-12-19(28)13-15-20/h5-15,24H,4,16-17H2,1-3H3,(H,31,35)/t24-/m0/s1. The highest BCUT2D eigenvalue weighted by molar-refractivity contribution is 7.92. The van der Waals surface area contributed by atoms with E-state index in [0.717, 1.165) is 4.31 Å². The fourth-order valence-corrected chi connectivity index (χ4v) is 6.15. The van der Waals surface area contributed by atoms with Crippen LogP contribution < -0.4 is 9.62 Å². The van der Waals surface area contributed by atoms with Crippen molar-refractivity contribution in [3.8, 4) is 0 Å². The van der Waals surface area contributed by atoms with Gasteiger partial charge in [0.05, 0.1) is 10.6 Å². The third-order valence-corrected chi connectivity index (χ3v) is 8.82. The SMILES string of the molecule is CC[C@@H](C(=O)NC)N(Cc1c(Cl)cccc1Cl)C(=O)CN(c1ccccc1C)S(=O)(=O)c1ccc(Cl)cc1. The summed E-state index contributed by atoms with van der Waals surface area (Å²) in [5.74, 6) is -0.996. The number of rotatable bonds is 10. The normalized spacial score (nSPS) is 12.1. The summed E-state index contributed by atoms with van der Waals surface area (Å²) in [6.07, 6.45) is 0.280. The molecule has 0 aliphatic carbocycles. The Balaban J connectivity index is 2.11. The molecule has 202 valence electrons. The van der Waals surface area contributed by atoms with Crippen LogP contribution in [0.25, 0.3) is 0 Å². The van der Waals surface area contributed by atoms with Gasteiger partial charge in [-0.05, 0) is 61.4 Å². The van der Waals surface area contributed by atoms with E-state index in [1.54, 1.807) is 56.3 Å². The molecule has 0 bridgehead atoms. The maximum absolute atomic E-state index is 14.0. The van der Waals surface area contributed by atoms with Gasteiger partial charge in [-0.15, -0.1) is 0 Å². The zero-order chi connectivity index (χ0) is 28.0. The van der Waals surface area contributed by atoms with E-state index < -0.39 is 34.4 Å². The Morgan fingerprint density at radius 2 is 1.53 bits per heavy atom. The second-order valence-electron chi connectivity index (χ2n) is 8.51. The van der Waals surface area contributed by atoms with Crippen molar-refractivity contribution in [2.45, 2.75) is 37.8 Å². The molecule has 7 nitrogen and oxygen atoms in total. The molecule has 0 fully saturated rings. The molecule has 0 radical (unpaired) electrons. The van der Waals surface area contributed by atoms with E-state index in [1.807, 2.05) is 0 Å². The molecule has 0 aliphatic heterocycles. The first kappa shape index (κ1) is 29.8. The minimum absolute atomic E-state index is 0.0306. The molecule has 0 aliphatic rings. The predicted molar refractivity (Wildman–Crippen MR) is 152 cm³/mol. The molecule has 0 heterocycles. The first-order chi connectivity index (χ1) is 18.0. The van der Waals surface area contributed by atoms with Crippen molar-refractivity contribution in [3.05, 3.63) is 92.9 Å². The summed E-state index contributed by atoms with van der Waals surface area (Å²) in [6.45, 7) is 2.86. The molecule has 0 saturated carbocycles. The van der Waals surface area contributed by atoms with Gasteiger partial charge < -0.3 is 10.2 Å². The summed E-state index contributed by atoms with van der Waals surface area (Å²) in [7, 11) is -2.72. The molecule has 1 N–H and O–H groups in total. The van der Waals surface area contributed by atoms with Crippen molar-refractivity contribution in [1.82, 2.24) is 10.2 Å². The van der Waals surface area contributed by atoms with E-state index >= 15 is 0 Å². The molecule has 3 aromatic rings. The zero-order valence-electron chi connectivity index (χ0n) is 21.1. The summed E-state index contributed by atoms with van der Waals surface area (Å²) in [6, 6.07) is 16.6. The van der Waals surface area contributed by atoms with Gasteiger partial charge in [-0.3, -0.25) is 13.9 Å². The van der Waals surface area contributed by atoms with Crippen LogP contribution in [0.3, 0.4) is 0 Å².